The number of hydrogen-bond acceptors (Lipinski definition) is 4. The van der Waals surface area contributed by atoms with E-state index in [0.29, 0.717) is 13.2 Å². The molecule has 1 amide bonds. The minimum absolute atomic E-state index is 0.0992. The molecule has 0 aliphatic carbocycles. The fourth-order valence-corrected chi connectivity index (χ4v) is 4.63. The van der Waals surface area contributed by atoms with E-state index in [1.165, 1.54) is 0 Å². The van der Waals surface area contributed by atoms with Crippen LogP contribution in [0.2, 0.25) is 0 Å². The van der Waals surface area contributed by atoms with Crippen LogP contribution < -0.4 is 9.64 Å². The van der Waals surface area contributed by atoms with Gasteiger partial charge in [-0.15, -0.1) is 0 Å². The molecule has 1 atom stereocenters. The molecule has 5 heteroatoms. The van der Waals surface area contributed by atoms with Crippen LogP contribution in [0.3, 0.4) is 0 Å². The van der Waals surface area contributed by atoms with Crippen LogP contribution in [-0.4, -0.2) is 49.8 Å². The predicted octanol–water partition coefficient (Wildman–Crippen LogP) is 3.79. The summed E-state index contributed by atoms with van der Waals surface area (Å²) in [5.74, 6) is 1.04. The van der Waals surface area contributed by atoms with Crippen molar-refractivity contribution >= 4 is 11.6 Å². The molecular weight excluding hydrogens is 364 g/mol. The van der Waals surface area contributed by atoms with Gasteiger partial charge in [-0.2, -0.15) is 0 Å². The Kier molecular flexibility index (Phi) is 5.88. The monoisotopic (exact) mass is 394 g/mol. The highest BCUT2D eigenvalue weighted by Crippen LogP contribution is 2.33. The average Bonchev–Trinajstić information content (AvgIpc) is 2.89. The number of carbonyl (C=O) groups is 1. The number of amides is 1. The maximum atomic E-state index is 13.6. The summed E-state index contributed by atoms with van der Waals surface area (Å²) < 4.78 is 11.9. The number of anilines is 1. The summed E-state index contributed by atoms with van der Waals surface area (Å²) in [5, 5.41) is 0. The first kappa shape index (κ1) is 19.9. The number of rotatable bonds is 4. The van der Waals surface area contributed by atoms with Gasteiger partial charge in [0.2, 0.25) is 0 Å². The van der Waals surface area contributed by atoms with Crippen molar-refractivity contribution in [3.05, 3.63) is 59.7 Å². The normalized spacial score (nSPS) is 23.2. The van der Waals surface area contributed by atoms with E-state index < -0.39 is 5.60 Å². The van der Waals surface area contributed by atoms with Crippen LogP contribution in [0.5, 0.6) is 5.75 Å². The molecule has 5 nitrogen and oxygen atoms in total. The summed E-state index contributed by atoms with van der Waals surface area (Å²) in [6.07, 6.45) is 2.77. The quantitative estimate of drug-likeness (QED) is 0.791. The van der Waals surface area contributed by atoms with Crippen molar-refractivity contribution in [1.29, 1.82) is 0 Å². The van der Waals surface area contributed by atoms with Crippen molar-refractivity contribution in [3.63, 3.8) is 0 Å². The maximum absolute atomic E-state index is 13.6. The lowest BCUT2D eigenvalue weighted by Gasteiger charge is -2.43. The van der Waals surface area contributed by atoms with Gasteiger partial charge in [0.25, 0.3) is 5.91 Å². The molecule has 4 rings (SSSR count). The molecule has 0 radical (unpaired) electrons. The summed E-state index contributed by atoms with van der Waals surface area (Å²) in [6.45, 7) is 5.58. The number of aryl methyl sites for hydroxylation is 1. The van der Waals surface area contributed by atoms with Crippen LogP contribution in [0.25, 0.3) is 0 Å². The van der Waals surface area contributed by atoms with E-state index in [2.05, 4.69) is 30.0 Å². The largest absolute Gasteiger partial charge is 0.496 e. The summed E-state index contributed by atoms with van der Waals surface area (Å²) in [5.41, 5.74) is 2.49. The minimum atomic E-state index is -0.762. The van der Waals surface area contributed by atoms with E-state index in [-0.39, 0.29) is 5.91 Å². The zero-order valence-corrected chi connectivity index (χ0v) is 17.4. The van der Waals surface area contributed by atoms with Crippen molar-refractivity contribution in [3.8, 4) is 5.75 Å². The van der Waals surface area contributed by atoms with E-state index in [0.717, 1.165) is 61.5 Å². The van der Waals surface area contributed by atoms with Gasteiger partial charge in [0.15, 0.2) is 5.60 Å². The van der Waals surface area contributed by atoms with Crippen molar-refractivity contribution in [2.75, 3.05) is 38.3 Å². The molecule has 0 bridgehead atoms. The van der Waals surface area contributed by atoms with Gasteiger partial charge < -0.3 is 14.4 Å². The molecule has 2 heterocycles. The molecule has 2 aliphatic rings. The molecule has 29 heavy (non-hydrogen) atoms. The highest BCUT2D eigenvalue weighted by Gasteiger charge is 2.47. The Balaban J connectivity index is 1.57. The number of para-hydroxylation sites is 2. The number of hydrogen-bond donors (Lipinski definition) is 0. The Morgan fingerprint density at radius 3 is 2.69 bits per heavy atom. The second-order valence-electron chi connectivity index (χ2n) is 8.07. The lowest BCUT2D eigenvalue weighted by atomic mass is 9.93. The second-order valence-corrected chi connectivity index (χ2v) is 8.07. The van der Waals surface area contributed by atoms with Crippen LogP contribution in [0.4, 0.5) is 5.69 Å². The molecule has 0 aromatic heterocycles. The molecule has 2 aromatic rings. The highest BCUT2D eigenvalue weighted by atomic mass is 16.5. The van der Waals surface area contributed by atoms with Crippen molar-refractivity contribution in [2.45, 2.75) is 38.3 Å². The lowest BCUT2D eigenvalue weighted by Crippen LogP contribution is -2.59. The lowest BCUT2D eigenvalue weighted by molar-refractivity contribution is -0.158. The topological polar surface area (TPSA) is 42.0 Å². The van der Waals surface area contributed by atoms with Crippen LogP contribution in [0.1, 0.15) is 30.4 Å². The fourth-order valence-electron chi connectivity index (χ4n) is 4.63. The van der Waals surface area contributed by atoms with Crippen LogP contribution in [-0.2, 0) is 16.1 Å². The summed E-state index contributed by atoms with van der Waals surface area (Å²) in [4.78, 5) is 17.9. The van der Waals surface area contributed by atoms with E-state index in [9.17, 15) is 4.79 Å². The molecule has 2 fully saturated rings. The zero-order chi connectivity index (χ0) is 20.3. The number of benzene rings is 2. The molecule has 2 aliphatic heterocycles. The fraction of sp³-hybridized carbons (Fsp3) is 0.458. The van der Waals surface area contributed by atoms with Crippen molar-refractivity contribution < 1.29 is 14.3 Å². The SMILES string of the molecule is COc1c(C)cccc1CN1CCOC2(CCCCN(c3ccccc3)C2=O)C1. The molecular formula is C24H30N2O3. The van der Waals surface area contributed by atoms with Crippen molar-refractivity contribution in [2.24, 2.45) is 0 Å². The van der Waals surface area contributed by atoms with Gasteiger partial charge in [-0.1, -0.05) is 36.4 Å². The van der Waals surface area contributed by atoms with Gasteiger partial charge in [0.05, 0.1) is 13.7 Å². The Labute approximate surface area is 173 Å². The minimum Gasteiger partial charge on any atom is -0.496 e. The van der Waals surface area contributed by atoms with Crippen LogP contribution >= 0.6 is 0 Å². The molecule has 2 saturated heterocycles. The number of ether oxygens (including phenoxy) is 2. The number of carbonyl (C=O) groups excluding carboxylic acids is 1. The molecule has 2 aromatic carbocycles. The molecule has 0 saturated carbocycles. The summed E-state index contributed by atoms with van der Waals surface area (Å²) in [7, 11) is 1.72. The highest BCUT2D eigenvalue weighted by molar-refractivity contribution is 6.00. The van der Waals surface area contributed by atoms with E-state index in [1.807, 2.05) is 35.2 Å². The number of nitrogens with zero attached hydrogens (tertiary/aromatic N) is 2. The van der Waals surface area contributed by atoms with E-state index >= 15 is 0 Å². The van der Waals surface area contributed by atoms with Gasteiger partial charge in [0, 0.05) is 37.4 Å². The van der Waals surface area contributed by atoms with Gasteiger partial charge in [0.1, 0.15) is 5.75 Å². The maximum Gasteiger partial charge on any atom is 0.260 e. The predicted molar refractivity (Wildman–Crippen MR) is 114 cm³/mol. The Bertz CT molecular complexity index is 854. The van der Waals surface area contributed by atoms with E-state index in [4.69, 9.17) is 9.47 Å². The molecule has 154 valence electrons. The smallest absolute Gasteiger partial charge is 0.260 e. The summed E-state index contributed by atoms with van der Waals surface area (Å²) in [6, 6.07) is 16.2. The van der Waals surface area contributed by atoms with E-state index in [1.54, 1.807) is 7.11 Å². The van der Waals surface area contributed by atoms with Gasteiger partial charge in [-0.3, -0.25) is 9.69 Å². The third-order valence-electron chi connectivity index (χ3n) is 6.07. The first-order chi connectivity index (χ1) is 14.1. The zero-order valence-electron chi connectivity index (χ0n) is 17.4. The number of morpholine rings is 1. The Hall–Kier alpha value is -2.37. The molecule has 1 spiro atoms. The van der Waals surface area contributed by atoms with Gasteiger partial charge in [-0.25, -0.2) is 0 Å². The summed E-state index contributed by atoms with van der Waals surface area (Å²) >= 11 is 0. The first-order valence-corrected chi connectivity index (χ1v) is 10.5. The van der Waals surface area contributed by atoms with Gasteiger partial charge in [-0.05, 0) is 43.9 Å². The Morgan fingerprint density at radius 1 is 1.07 bits per heavy atom. The third kappa shape index (κ3) is 4.02. The average molecular weight is 395 g/mol. The van der Waals surface area contributed by atoms with Crippen molar-refractivity contribution in [1.82, 2.24) is 4.90 Å². The van der Waals surface area contributed by atoms with Gasteiger partial charge >= 0.3 is 0 Å². The van der Waals surface area contributed by atoms with Crippen LogP contribution in [0, 0.1) is 6.92 Å². The Morgan fingerprint density at radius 2 is 1.90 bits per heavy atom. The molecule has 1 unspecified atom stereocenters. The standard InChI is InChI=1S/C24H30N2O3/c1-19-9-8-10-20(22(19)28-2)17-25-15-16-29-24(18-25)13-6-7-14-26(23(24)27)21-11-4-3-5-12-21/h3-5,8-12H,6-7,13-18H2,1-2H3. The number of methoxy groups -OCH3 is 1. The molecule has 0 N–H and O–H groups in total. The third-order valence-corrected chi connectivity index (χ3v) is 6.07. The first-order valence-electron chi connectivity index (χ1n) is 10.5. The second kappa shape index (κ2) is 8.56. The van der Waals surface area contributed by atoms with Crippen LogP contribution in [0.15, 0.2) is 48.5 Å².